The molecule has 0 spiro atoms. The predicted molar refractivity (Wildman–Crippen MR) is 108 cm³/mol. The Kier molecular flexibility index (Phi) is 5.29. The number of benzene rings is 1. The van der Waals surface area contributed by atoms with Crippen molar-refractivity contribution in [1.82, 2.24) is 15.0 Å². The highest BCUT2D eigenvalue weighted by Gasteiger charge is 2.21. The van der Waals surface area contributed by atoms with Crippen LogP contribution in [0.1, 0.15) is 31.2 Å². The molecule has 0 radical (unpaired) electrons. The molecule has 2 aromatic rings. The van der Waals surface area contributed by atoms with Crippen molar-refractivity contribution in [2.24, 2.45) is 5.10 Å². The molecular weight excluding hydrogens is 394 g/mol. The zero-order valence-electron chi connectivity index (χ0n) is 14.6. The average Bonchev–Trinajstić information content (AvgIpc) is 3.37. The van der Waals surface area contributed by atoms with Crippen LogP contribution in [0.2, 0.25) is 0 Å². The fourth-order valence-corrected chi connectivity index (χ4v) is 3.65. The topological polar surface area (TPSA) is 69.5 Å². The first-order chi connectivity index (χ1) is 12.8. The molecule has 2 aliphatic rings. The van der Waals surface area contributed by atoms with Gasteiger partial charge in [0, 0.05) is 36.2 Å². The van der Waals surface area contributed by atoms with Gasteiger partial charge < -0.3 is 9.80 Å². The Hall–Kier alpha value is -2.22. The van der Waals surface area contributed by atoms with E-state index < -0.39 is 0 Å². The molecule has 2 saturated heterocycles. The van der Waals surface area contributed by atoms with Crippen molar-refractivity contribution < 1.29 is 0 Å². The minimum Gasteiger partial charge on any atom is -0.341 e. The minimum absolute atomic E-state index is 0.493. The smallest absolute Gasteiger partial charge is 0.250 e. The fraction of sp³-hybridized carbons (Fsp3) is 0.444. The van der Waals surface area contributed by atoms with Crippen molar-refractivity contribution in [2.75, 3.05) is 41.4 Å². The van der Waals surface area contributed by atoms with Gasteiger partial charge in [0.2, 0.25) is 17.8 Å². The maximum Gasteiger partial charge on any atom is 0.250 e. The summed E-state index contributed by atoms with van der Waals surface area (Å²) in [6, 6.07) is 7.94. The first kappa shape index (κ1) is 17.2. The van der Waals surface area contributed by atoms with Gasteiger partial charge in [-0.25, -0.2) is 5.43 Å². The summed E-state index contributed by atoms with van der Waals surface area (Å²) in [5.74, 6) is 1.99. The molecule has 0 atom stereocenters. The van der Waals surface area contributed by atoms with Gasteiger partial charge in [0.15, 0.2) is 0 Å². The van der Waals surface area contributed by atoms with Gasteiger partial charge in [0.1, 0.15) is 0 Å². The first-order valence-corrected chi connectivity index (χ1v) is 9.88. The van der Waals surface area contributed by atoms with Crippen LogP contribution in [0.25, 0.3) is 0 Å². The van der Waals surface area contributed by atoms with Gasteiger partial charge in [-0.1, -0.05) is 34.1 Å². The third-order valence-electron chi connectivity index (χ3n) is 4.66. The number of hydrogen-bond acceptors (Lipinski definition) is 7. The van der Waals surface area contributed by atoms with E-state index in [1.54, 1.807) is 6.21 Å². The number of rotatable bonds is 5. The molecule has 1 aromatic heterocycles. The molecule has 7 nitrogen and oxygen atoms in total. The van der Waals surface area contributed by atoms with Crippen molar-refractivity contribution in [1.29, 1.82) is 0 Å². The van der Waals surface area contributed by atoms with E-state index in [0.717, 1.165) is 48.1 Å². The standard InChI is InChI=1S/C18H22BrN7/c19-15-8-2-1-7-14(15)13-20-24-16-21-17(25-9-3-4-10-25)23-18(22-16)26-11-5-6-12-26/h1-2,7-8,13H,3-6,9-12H2,(H,21,22,23,24)/b20-13+. The van der Waals surface area contributed by atoms with Crippen LogP contribution in [-0.2, 0) is 0 Å². The van der Waals surface area contributed by atoms with Crippen LogP contribution in [0.5, 0.6) is 0 Å². The summed E-state index contributed by atoms with van der Waals surface area (Å²) in [6.07, 6.45) is 6.52. The highest BCUT2D eigenvalue weighted by molar-refractivity contribution is 9.10. The Bertz CT molecular complexity index is 749. The lowest BCUT2D eigenvalue weighted by molar-refractivity contribution is 0.838. The lowest BCUT2D eigenvalue weighted by Gasteiger charge is -2.20. The Labute approximate surface area is 161 Å². The number of anilines is 3. The molecule has 0 amide bonds. The highest BCUT2D eigenvalue weighted by atomic mass is 79.9. The monoisotopic (exact) mass is 415 g/mol. The van der Waals surface area contributed by atoms with Crippen molar-refractivity contribution >= 4 is 40.0 Å². The number of hydrazone groups is 1. The molecule has 8 heteroatoms. The van der Waals surface area contributed by atoms with E-state index in [2.05, 4.69) is 46.2 Å². The summed E-state index contributed by atoms with van der Waals surface area (Å²) in [7, 11) is 0. The molecule has 1 N–H and O–H groups in total. The average molecular weight is 416 g/mol. The van der Waals surface area contributed by atoms with Crippen LogP contribution >= 0.6 is 15.9 Å². The maximum absolute atomic E-state index is 4.71. The summed E-state index contributed by atoms with van der Waals surface area (Å²) in [6.45, 7) is 4.01. The SMILES string of the molecule is Brc1ccccc1/C=N/Nc1nc(N2CCCC2)nc(N2CCCC2)n1. The van der Waals surface area contributed by atoms with Crippen LogP contribution in [0, 0.1) is 0 Å². The van der Waals surface area contributed by atoms with Gasteiger partial charge in [0.25, 0.3) is 0 Å². The second kappa shape index (κ2) is 7.99. The van der Waals surface area contributed by atoms with Crippen molar-refractivity contribution in [2.45, 2.75) is 25.7 Å². The summed E-state index contributed by atoms with van der Waals surface area (Å²) < 4.78 is 0.997. The second-order valence-electron chi connectivity index (χ2n) is 6.54. The van der Waals surface area contributed by atoms with Gasteiger partial charge in [-0.3, -0.25) is 0 Å². The van der Waals surface area contributed by atoms with E-state index in [-0.39, 0.29) is 0 Å². The molecule has 136 valence electrons. The molecular formula is C18H22BrN7. The highest BCUT2D eigenvalue weighted by Crippen LogP contribution is 2.22. The van der Waals surface area contributed by atoms with Crippen molar-refractivity contribution in [3.05, 3.63) is 34.3 Å². The molecule has 4 rings (SSSR count). The molecule has 0 unspecified atom stereocenters. The molecule has 26 heavy (non-hydrogen) atoms. The number of nitrogens with one attached hydrogen (secondary N) is 1. The van der Waals surface area contributed by atoms with Gasteiger partial charge in [-0.15, -0.1) is 0 Å². The number of hydrogen-bond donors (Lipinski definition) is 1. The summed E-state index contributed by atoms with van der Waals surface area (Å²) in [5.41, 5.74) is 3.98. The van der Waals surface area contributed by atoms with Crippen LogP contribution in [-0.4, -0.2) is 47.3 Å². The molecule has 0 bridgehead atoms. The minimum atomic E-state index is 0.493. The van der Waals surface area contributed by atoms with Crippen LogP contribution in [0.4, 0.5) is 17.8 Å². The molecule has 2 aliphatic heterocycles. The third kappa shape index (κ3) is 3.95. The summed E-state index contributed by atoms with van der Waals surface area (Å²) >= 11 is 3.52. The fourth-order valence-electron chi connectivity index (χ4n) is 3.26. The number of halogens is 1. The lowest BCUT2D eigenvalue weighted by Crippen LogP contribution is -2.25. The number of nitrogens with zero attached hydrogens (tertiary/aromatic N) is 6. The van der Waals surface area contributed by atoms with Gasteiger partial charge in [0.05, 0.1) is 6.21 Å². The van der Waals surface area contributed by atoms with E-state index in [1.165, 1.54) is 25.7 Å². The van der Waals surface area contributed by atoms with Crippen molar-refractivity contribution in [3.8, 4) is 0 Å². The van der Waals surface area contributed by atoms with Crippen LogP contribution in [0.3, 0.4) is 0 Å². The summed E-state index contributed by atoms with van der Waals surface area (Å²) in [5, 5.41) is 4.31. The van der Waals surface area contributed by atoms with Gasteiger partial charge in [-0.05, 0) is 31.7 Å². The number of aromatic nitrogens is 3. The van der Waals surface area contributed by atoms with Gasteiger partial charge >= 0.3 is 0 Å². The molecule has 0 aliphatic carbocycles. The van der Waals surface area contributed by atoms with E-state index in [0.29, 0.717) is 5.95 Å². The zero-order valence-corrected chi connectivity index (χ0v) is 16.2. The Balaban J connectivity index is 1.56. The largest absolute Gasteiger partial charge is 0.341 e. The predicted octanol–water partition coefficient (Wildman–Crippen LogP) is 3.28. The van der Waals surface area contributed by atoms with E-state index >= 15 is 0 Å². The molecule has 2 fully saturated rings. The normalized spacial score (nSPS) is 17.4. The van der Waals surface area contributed by atoms with E-state index in [1.807, 2.05) is 24.3 Å². The quantitative estimate of drug-likeness (QED) is 0.596. The van der Waals surface area contributed by atoms with Crippen molar-refractivity contribution in [3.63, 3.8) is 0 Å². The Morgan fingerprint density at radius 2 is 1.46 bits per heavy atom. The van der Waals surface area contributed by atoms with Crippen LogP contribution in [0.15, 0.2) is 33.8 Å². The van der Waals surface area contributed by atoms with E-state index in [4.69, 9.17) is 4.98 Å². The van der Waals surface area contributed by atoms with Crippen LogP contribution < -0.4 is 15.2 Å². The van der Waals surface area contributed by atoms with E-state index in [9.17, 15) is 0 Å². The Morgan fingerprint density at radius 3 is 2.04 bits per heavy atom. The Morgan fingerprint density at radius 1 is 0.885 bits per heavy atom. The second-order valence-corrected chi connectivity index (χ2v) is 7.39. The first-order valence-electron chi connectivity index (χ1n) is 9.09. The molecule has 3 heterocycles. The molecule has 1 aromatic carbocycles. The maximum atomic E-state index is 4.71. The van der Waals surface area contributed by atoms with Gasteiger partial charge in [-0.2, -0.15) is 20.1 Å². The zero-order chi connectivity index (χ0) is 17.8. The lowest BCUT2D eigenvalue weighted by atomic mass is 10.2. The molecule has 0 saturated carbocycles. The summed E-state index contributed by atoms with van der Waals surface area (Å²) in [4.78, 5) is 18.3. The third-order valence-corrected chi connectivity index (χ3v) is 5.39.